The van der Waals surface area contributed by atoms with E-state index in [1.54, 1.807) is 24.3 Å². The molecule has 2 rings (SSSR count). The van der Waals surface area contributed by atoms with Gasteiger partial charge < -0.3 is 10.5 Å². The zero-order chi connectivity index (χ0) is 12.3. The van der Waals surface area contributed by atoms with Gasteiger partial charge in [0.05, 0.1) is 10.7 Å². The molecule has 0 aliphatic heterocycles. The molecule has 0 bridgehead atoms. The lowest BCUT2D eigenvalue weighted by Gasteiger charge is -2.08. The van der Waals surface area contributed by atoms with E-state index in [-0.39, 0.29) is 0 Å². The molecule has 0 spiro atoms. The molecule has 2 N–H and O–H groups in total. The molecule has 0 amide bonds. The Bertz CT molecular complexity index is 532. The van der Waals surface area contributed by atoms with E-state index in [0.717, 1.165) is 5.69 Å². The predicted molar refractivity (Wildman–Crippen MR) is 68.7 cm³/mol. The molecule has 5 heteroatoms. The summed E-state index contributed by atoms with van der Waals surface area (Å²) in [5.74, 6) is 0.915. The molecule has 1 heterocycles. The van der Waals surface area contributed by atoms with Crippen molar-refractivity contribution in [3.8, 4) is 11.6 Å². The number of aromatic nitrogens is 1. The van der Waals surface area contributed by atoms with Gasteiger partial charge in [-0.2, -0.15) is 0 Å². The van der Waals surface area contributed by atoms with Crippen LogP contribution in [0.4, 0.5) is 0 Å². The van der Waals surface area contributed by atoms with E-state index < -0.39 is 0 Å². The number of ether oxygens (including phenoxy) is 1. The molecule has 0 fully saturated rings. The maximum absolute atomic E-state index is 6.01. The normalized spacial score (nSPS) is 10.3. The van der Waals surface area contributed by atoms with Crippen molar-refractivity contribution in [3.63, 3.8) is 0 Å². The van der Waals surface area contributed by atoms with Crippen LogP contribution in [-0.2, 0) is 6.54 Å². The molecular formula is C12H10Cl2N2O. The lowest BCUT2D eigenvalue weighted by atomic mass is 10.3. The topological polar surface area (TPSA) is 48.1 Å². The largest absolute Gasteiger partial charge is 0.437 e. The summed E-state index contributed by atoms with van der Waals surface area (Å²) >= 11 is 11.9. The van der Waals surface area contributed by atoms with Gasteiger partial charge >= 0.3 is 0 Å². The van der Waals surface area contributed by atoms with Gasteiger partial charge in [-0.3, -0.25) is 0 Å². The highest BCUT2D eigenvalue weighted by Crippen LogP contribution is 2.33. The highest BCUT2D eigenvalue weighted by molar-refractivity contribution is 6.42. The average molecular weight is 269 g/mol. The summed E-state index contributed by atoms with van der Waals surface area (Å²) in [5, 5.41) is 0.813. The first-order valence-corrected chi connectivity index (χ1v) is 5.74. The van der Waals surface area contributed by atoms with Crippen molar-refractivity contribution in [2.75, 3.05) is 0 Å². The third-order valence-electron chi connectivity index (χ3n) is 2.12. The Hall–Kier alpha value is -1.29. The van der Waals surface area contributed by atoms with Crippen molar-refractivity contribution >= 4 is 23.2 Å². The van der Waals surface area contributed by atoms with Gasteiger partial charge in [-0.15, -0.1) is 0 Å². The Morgan fingerprint density at radius 2 is 1.88 bits per heavy atom. The number of benzene rings is 1. The van der Waals surface area contributed by atoms with Crippen LogP contribution in [0.15, 0.2) is 36.4 Å². The van der Waals surface area contributed by atoms with E-state index in [1.165, 1.54) is 0 Å². The second-order valence-electron chi connectivity index (χ2n) is 3.33. The van der Waals surface area contributed by atoms with E-state index >= 15 is 0 Å². The van der Waals surface area contributed by atoms with Crippen LogP contribution in [-0.4, -0.2) is 4.98 Å². The smallest absolute Gasteiger partial charge is 0.219 e. The van der Waals surface area contributed by atoms with Gasteiger partial charge in [0.15, 0.2) is 0 Å². The van der Waals surface area contributed by atoms with E-state index in [0.29, 0.717) is 28.2 Å². The number of hydrogen-bond donors (Lipinski definition) is 1. The summed E-state index contributed by atoms with van der Waals surface area (Å²) in [4.78, 5) is 4.21. The molecule has 0 aliphatic carbocycles. The minimum absolute atomic E-state index is 0.362. The lowest BCUT2D eigenvalue weighted by molar-refractivity contribution is 0.461. The van der Waals surface area contributed by atoms with Gasteiger partial charge in [0.1, 0.15) is 10.8 Å². The maximum atomic E-state index is 6.01. The van der Waals surface area contributed by atoms with E-state index in [9.17, 15) is 0 Å². The summed E-state index contributed by atoms with van der Waals surface area (Å²) in [5.41, 5.74) is 6.25. The van der Waals surface area contributed by atoms with Gasteiger partial charge in [0.2, 0.25) is 5.88 Å². The lowest BCUT2D eigenvalue weighted by Crippen LogP contribution is -2.00. The SMILES string of the molecule is NCc1cccc(Oc2cccc(Cl)c2Cl)n1. The standard InChI is InChI=1S/C12H10Cl2N2O/c13-9-4-2-5-10(12(9)14)17-11-6-1-3-8(7-15)16-11/h1-6H,7,15H2. The van der Waals surface area contributed by atoms with E-state index in [4.69, 9.17) is 33.7 Å². The minimum Gasteiger partial charge on any atom is -0.437 e. The molecule has 1 aromatic carbocycles. The first-order valence-electron chi connectivity index (χ1n) is 4.98. The van der Waals surface area contributed by atoms with Crippen LogP contribution >= 0.6 is 23.2 Å². The molecule has 3 nitrogen and oxygen atoms in total. The number of hydrogen-bond acceptors (Lipinski definition) is 3. The van der Waals surface area contributed by atoms with Gasteiger partial charge in [0, 0.05) is 12.6 Å². The minimum atomic E-state index is 0.362. The van der Waals surface area contributed by atoms with Gasteiger partial charge in [-0.1, -0.05) is 35.3 Å². The molecule has 88 valence electrons. The van der Waals surface area contributed by atoms with Crippen molar-refractivity contribution in [3.05, 3.63) is 52.1 Å². The Morgan fingerprint density at radius 3 is 2.65 bits per heavy atom. The molecule has 0 saturated heterocycles. The maximum Gasteiger partial charge on any atom is 0.219 e. The Labute approximate surface area is 109 Å². The van der Waals surface area contributed by atoms with Crippen molar-refractivity contribution in [1.82, 2.24) is 4.98 Å². The number of rotatable bonds is 3. The molecule has 2 aromatic rings. The van der Waals surface area contributed by atoms with Crippen LogP contribution < -0.4 is 10.5 Å². The second-order valence-corrected chi connectivity index (χ2v) is 4.11. The fourth-order valence-corrected chi connectivity index (χ4v) is 1.63. The first kappa shape index (κ1) is 12.2. The molecule has 0 saturated carbocycles. The van der Waals surface area contributed by atoms with Crippen LogP contribution in [0.25, 0.3) is 0 Å². The third kappa shape index (κ3) is 2.88. The van der Waals surface area contributed by atoms with Crippen LogP contribution in [0.5, 0.6) is 11.6 Å². The van der Waals surface area contributed by atoms with Crippen LogP contribution in [0.2, 0.25) is 10.0 Å². The second kappa shape index (κ2) is 5.36. The number of nitrogens with zero attached hydrogens (tertiary/aromatic N) is 1. The van der Waals surface area contributed by atoms with Crippen molar-refractivity contribution in [1.29, 1.82) is 0 Å². The fraction of sp³-hybridized carbons (Fsp3) is 0.0833. The summed E-state index contributed by atoms with van der Waals surface area (Å²) in [6, 6.07) is 10.6. The zero-order valence-corrected chi connectivity index (χ0v) is 10.4. The molecule has 1 aromatic heterocycles. The summed E-state index contributed by atoms with van der Waals surface area (Å²) in [6.45, 7) is 0.362. The number of halogens is 2. The molecule has 0 radical (unpaired) electrons. The monoisotopic (exact) mass is 268 g/mol. The fourth-order valence-electron chi connectivity index (χ4n) is 1.30. The third-order valence-corrected chi connectivity index (χ3v) is 2.92. The van der Waals surface area contributed by atoms with Gasteiger partial charge in [-0.05, 0) is 18.2 Å². The van der Waals surface area contributed by atoms with Crippen LogP contribution in [0, 0.1) is 0 Å². The highest BCUT2D eigenvalue weighted by Gasteiger charge is 2.07. The molecule has 17 heavy (non-hydrogen) atoms. The highest BCUT2D eigenvalue weighted by atomic mass is 35.5. The van der Waals surface area contributed by atoms with Crippen molar-refractivity contribution in [2.45, 2.75) is 6.54 Å². The molecule has 0 aliphatic rings. The molecule has 0 atom stereocenters. The Morgan fingerprint density at radius 1 is 1.12 bits per heavy atom. The van der Waals surface area contributed by atoms with E-state index in [2.05, 4.69) is 4.98 Å². The van der Waals surface area contributed by atoms with Gasteiger partial charge in [0.25, 0.3) is 0 Å². The summed E-state index contributed by atoms with van der Waals surface area (Å²) in [6.07, 6.45) is 0. The summed E-state index contributed by atoms with van der Waals surface area (Å²) in [7, 11) is 0. The van der Waals surface area contributed by atoms with Crippen molar-refractivity contribution < 1.29 is 4.74 Å². The molecular weight excluding hydrogens is 259 g/mol. The van der Waals surface area contributed by atoms with E-state index in [1.807, 2.05) is 12.1 Å². The Balaban J connectivity index is 2.28. The van der Waals surface area contributed by atoms with Crippen molar-refractivity contribution in [2.24, 2.45) is 5.73 Å². The summed E-state index contributed by atoms with van der Waals surface area (Å²) < 4.78 is 5.55. The molecule has 0 unspecified atom stereocenters. The number of nitrogens with two attached hydrogens (primary N) is 1. The van der Waals surface area contributed by atoms with Crippen LogP contribution in [0.3, 0.4) is 0 Å². The average Bonchev–Trinajstić information content (AvgIpc) is 2.35. The quantitative estimate of drug-likeness (QED) is 0.925. The number of pyridine rings is 1. The zero-order valence-electron chi connectivity index (χ0n) is 8.86. The van der Waals surface area contributed by atoms with Crippen LogP contribution in [0.1, 0.15) is 5.69 Å². The Kier molecular flexibility index (Phi) is 3.84. The van der Waals surface area contributed by atoms with Gasteiger partial charge in [-0.25, -0.2) is 4.98 Å². The predicted octanol–water partition coefficient (Wildman–Crippen LogP) is 3.64. The first-order chi connectivity index (χ1) is 8.20.